The zero-order valence-corrected chi connectivity index (χ0v) is 20.2. The van der Waals surface area contributed by atoms with Crippen LogP contribution in [-0.2, 0) is 19.5 Å². The molecule has 178 valence electrons. The number of nitrogens with one attached hydrogen (secondary N) is 1. The van der Waals surface area contributed by atoms with Crippen LogP contribution >= 0.6 is 12.4 Å². The molecule has 0 bridgehead atoms. The minimum atomic E-state index is -0.379. The Labute approximate surface area is 204 Å². The summed E-state index contributed by atoms with van der Waals surface area (Å²) in [4.78, 5) is 12.9. The largest absolute Gasteiger partial charge is 0.507 e. The minimum absolute atomic E-state index is 0. The van der Waals surface area contributed by atoms with Crippen LogP contribution < -0.4 is 20.4 Å². The number of aromatic hydroxyl groups is 1. The molecule has 34 heavy (non-hydrogen) atoms. The molecule has 0 radical (unpaired) electrons. The lowest BCUT2D eigenvalue weighted by Gasteiger charge is -2.14. The molecule has 0 fully saturated rings. The van der Waals surface area contributed by atoms with Gasteiger partial charge in [0, 0.05) is 30.5 Å². The van der Waals surface area contributed by atoms with E-state index in [1.54, 1.807) is 26.4 Å². The van der Waals surface area contributed by atoms with Gasteiger partial charge in [0.05, 0.1) is 19.8 Å². The standard InChI is InChI=1S/C27H27NO5.ClH/c1-17-20-10-11-23(29)22(16-28-15-19-9-12-24(31-2)25(14-19)32-3)26(20)33-27(30)21(17)13-18-7-5-4-6-8-18;/h4-12,14,28-29H,13,15-16H2,1-3H3;1H. The summed E-state index contributed by atoms with van der Waals surface area (Å²) in [7, 11) is 3.19. The highest BCUT2D eigenvalue weighted by Gasteiger charge is 2.17. The van der Waals surface area contributed by atoms with Crippen LogP contribution in [0.15, 0.2) is 69.9 Å². The topological polar surface area (TPSA) is 80.9 Å². The predicted octanol–water partition coefficient (Wildman–Crippen LogP) is 5.13. The number of methoxy groups -OCH3 is 2. The fourth-order valence-electron chi connectivity index (χ4n) is 4.00. The van der Waals surface area contributed by atoms with E-state index in [1.807, 2.05) is 55.5 Å². The smallest absolute Gasteiger partial charge is 0.340 e. The van der Waals surface area contributed by atoms with Gasteiger partial charge >= 0.3 is 5.63 Å². The maximum absolute atomic E-state index is 12.9. The molecule has 0 amide bonds. The van der Waals surface area contributed by atoms with Crippen LogP contribution in [0, 0.1) is 6.92 Å². The van der Waals surface area contributed by atoms with Gasteiger partial charge in [-0.1, -0.05) is 36.4 Å². The van der Waals surface area contributed by atoms with Crippen molar-refractivity contribution in [2.45, 2.75) is 26.4 Å². The lowest BCUT2D eigenvalue weighted by Crippen LogP contribution is -2.15. The Balaban J connectivity index is 0.00000324. The van der Waals surface area contributed by atoms with Crippen molar-refractivity contribution in [3.63, 3.8) is 0 Å². The van der Waals surface area contributed by atoms with Gasteiger partial charge in [-0.15, -0.1) is 12.4 Å². The average molecular weight is 482 g/mol. The van der Waals surface area contributed by atoms with Crippen LogP contribution in [0.4, 0.5) is 0 Å². The first-order valence-electron chi connectivity index (χ1n) is 10.7. The second-order valence-electron chi connectivity index (χ2n) is 7.89. The van der Waals surface area contributed by atoms with Gasteiger partial charge < -0.3 is 24.3 Å². The maximum atomic E-state index is 12.9. The van der Waals surface area contributed by atoms with Gasteiger partial charge in [-0.05, 0) is 47.9 Å². The van der Waals surface area contributed by atoms with Crippen molar-refractivity contribution in [2.75, 3.05) is 14.2 Å². The number of halogens is 1. The molecule has 3 aromatic carbocycles. The number of fused-ring (bicyclic) bond motifs is 1. The molecule has 0 aliphatic rings. The van der Waals surface area contributed by atoms with Crippen LogP contribution in [0.1, 0.15) is 27.8 Å². The fourth-order valence-corrected chi connectivity index (χ4v) is 4.00. The van der Waals surface area contributed by atoms with Crippen LogP contribution in [0.5, 0.6) is 17.2 Å². The molecule has 0 spiro atoms. The molecule has 4 rings (SSSR count). The summed E-state index contributed by atoms with van der Waals surface area (Å²) in [6.07, 6.45) is 0.499. The van der Waals surface area contributed by atoms with Gasteiger partial charge in [-0.25, -0.2) is 4.79 Å². The molecule has 0 saturated heterocycles. The van der Waals surface area contributed by atoms with Crippen molar-refractivity contribution in [2.24, 2.45) is 0 Å². The summed E-state index contributed by atoms with van der Waals surface area (Å²) in [6.45, 7) is 2.79. The summed E-state index contributed by atoms with van der Waals surface area (Å²) >= 11 is 0. The Kier molecular flexibility index (Phi) is 8.21. The number of phenols is 1. The van der Waals surface area contributed by atoms with Crippen molar-refractivity contribution in [1.82, 2.24) is 5.32 Å². The van der Waals surface area contributed by atoms with Crippen molar-refractivity contribution in [3.8, 4) is 17.2 Å². The average Bonchev–Trinajstić information content (AvgIpc) is 2.83. The number of hydrogen-bond acceptors (Lipinski definition) is 6. The summed E-state index contributed by atoms with van der Waals surface area (Å²) in [5.41, 5.74) is 4.12. The number of rotatable bonds is 8. The summed E-state index contributed by atoms with van der Waals surface area (Å²) < 4.78 is 16.4. The fraction of sp³-hybridized carbons (Fsp3) is 0.222. The van der Waals surface area contributed by atoms with Crippen molar-refractivity contribution in [3.05, 3.63) is 98.9 Å². The van der Waals surface area contributed by atoms with E-state index in [4.69, 9.17) is 13.9 Å². The number of hydrogen-bond donors (Lipinski definition) is 2. The van der Waals surface area contributed by atoms with Crippen molar-refractivity contribution < 1.29 is 19.0 Å². The maximum Gasteiger partial charge on any atom is 0.340 e. The van der Waals surface area contributed by atoms with Crippen LogP contribution in [0.2, 0.25) is 0 Å². The second kappa shape index (κ2) is 11.1. The molecular weight excluding hydrogens is 454 g/mol. The first kappa shape index (κ1) is 25.1. The number of phenolic OH excluding ortho intramolecular Hbond substituents is 1. The quantitative estimate of drug-likeness (QED) is 0.340. The van der Waals surface area contributed by atoms with E-state index in [0.29, 0.717) is 47.7 Å². The number of ether oxygens (including phenoxy) is 2. The van der Waals surface area contributed by atoms with E-state index >= 15 is 0 Å². The molecular formula is C27H28ClNO5. The zero-order valence-electron chi connectivity index (χ0n) is 19.4. The molecule has 2 N–H and O–H groups in total. The van der Waals surface area contributed by atoms with Gasteiger partial charge in [0.15, 0.2) is 11.5 Å². The third kappa shape index (κ3) is 5.19. The SMILES string of the molecule is COc1ccc(CNCc2c(O)ccc3c(C)c(Cc4ccccc4)c(=O)oc23)cc1OC.Cl. The molecule has 0 atom stereocenters. The molecule has 1 aromatic heterocycles. The molecule has 0 unspecified atom stereocenters. The van der Waals surface area contributed by atoms with E-state index < -0.39 is 0 Å². The third-order valence-corrected chi connectivity index (χ3v) is 5.84. The Bertz CT molecular complexity index is 1330. The zero-order chi connectivity index (χ0) is 23.4. The summed E-state index contributed by atoms with van der Waals surface area (Å²) in [5, 5.41) is 14.6. The minimum Gasteiger partial charge on any atom is -0.507 e. The number of aryl methyl sites for hydroxylation is 1. The van der Waals surface area contributed by atoms with Crippen molar-refractivity contribution in [1.29, 1.82) is 0 Å². The second-order valence-corrected chi connectivity index (χ2v) is 7.89. The molecule has 6 nitrogen and oxygen atoms in total. The molecule has 0 aliphatic carbocycles. The Morgan fingerprint density at radius 2 is 1.62 bits per heavy atom. The normalized spacial score (nSPS) is 10.7. The Hall–Kier alpha value is -3.48. The molecule has 4 aromatic rings. The van der Waals surface area contributed by atoms with Crippen LogP contribution in [0.25, 0.3) is 11.0 Å². The Morgan fingerprint density at radius 3 is 2.32 bits per heavy atom. The lowest BCUT2D eigenvalue weighted by atomic mass is 9.98. The lowest BCUT2D eigenvalue weighted by molar-refractivity contribution is 0.354. The van der Waals surface area contributed by atoms with Gasteiger partial charge in [0.25, 0.3) is 0 Å². The highest BCUT2D eigenvalue weighted by molar-refractivity contribution is 5.86. The number of benzene rings is 3. The Morgan fingerprint density at radius 1 is 0.882 bits per heavy atom. The van der Waals surface area contributed by atoms with Crippen LogP contribution in [-0.4, -0.2) is 19.3 Å². The molecule has 0 saturated carbocycles. The molecule has 1 heterocycles. The first-order chi connectivity index (χ1) is 16.0. The van der Waals surface area contributed by atoms with E-state index in [-0.39, 0.29) is 23.8 Å². The van der Waals surface area contributed by atoms with E-state index in [0.717, 1.165) is 22.1 Å². The van der Waals surface area contributed by atoms with Gasteiger partial charge in [-0.3, -0.25) is 0 Å². The summed E-state index contributed by atoms with van der Waals surface area (Å²) in [5.74, 6) is 1.40. The van der Waals surface area contributed by atoms with Gasteiger partial charge in [0.2, 0.25) is 0 Å². The highest BCUT2D eigenvalue weighted by Crippen LogP contribution is 2.31. The van der Waals surface area contributed by atoms with Gasteiger partial charge in [-0.2, -0.15) is 0 Å². The van der Waals surface area contributed by atoms with E-state index in [2.05, 4.69) is 5.32 Å². The van der Waals surface area contributed by atoms with E-state index in [9.17, 15) is 9.90 Å². The van der Waals surface area contributed by atoms with E-state index in [1.165, 1.54) is 0 Å². The predicted molar refractivity (Wildman–Crippen MR) is 135 cm³/mol. The molecule has 7 heteroatoms. The first-order valence-corrected chi connectivity index (χ1v) is 10.7. The highest BCUT2D eigenvalue weighted by atomic mass is 35.5. The third-order valence-electron chi connectivity index (χ3n) is 5.84. The van der Waals surface area contributed by atoms with Gasteiger partial charge in [0.1, 0.15) is 11.3 Å². The monoisotopic (exact) mass is 481 g/mol. The summed E-state index contributed by atoms with van der Waals surface area (Å²) in [6, 6.07) is 19.0. The van der Waals surface area contributed by atoms with Crippen LogP contribution in [0.3, 0.4) is 0 Å². The molecule has 0 aliphatic heterocycles. The van der Waals surface area contributed by atoms with Crippen molar-refractivity contribution >= 4 is 23.4 Å².